The maximum atomic E-state index is 13.4. The molecular weight excluding hydrogens is 616 g/mol. The Hall–Kier alpha value is -4.61. The van der Waals surface area contributed by atoms with Crippen molar-refractivity contribution in [1.82, 2.24) is 34.6 Å². The van der Waals surface area contributed by atoms with Gasteiger partial charge in [0.2, 0.25) is 0 Å². The molecule has 12 heteroatoms. The van der Waals surface area contributed by atoms with Crippen molar-refractivity contribution in [3.8, 4) is 17.2 Å². The number of likely N-dealkylation sites (tertiary alicyclic amines) is 1. The van der Waals surface area contributed by atoms with Gasteiger partial charge < -0.3 is 20.1 Å². The number of ether oxygens (including phenoxy) is 1. The van der Waals surface area contributed by atoms with Crippen molar-refractivity contribution in [1.29, 1.82) is 0 Å². The molecule has 1 aliphatic carbocycles. The van der Waals surface area contributed by atoms with Gasteiger partial charge in [-0.2, -0.15) is 5.10 Å². The lowest BCUT2D eigenvalue weighted by Gasteiger charge is -2.32. The minimum Gasteiger partial charge on any atom is -0.508 e. The Morgan fingerprint density at radius 3 is 2.49 bits per heavy atom. The van der Waals surface area contributed by atoms with Crippen molar-refractivity contribution in [2.75, 3.05) is 25.5 Å². The van der Waals surface area contributed by atoms with Gasteiger partial charge in [-0.05, 0) is 81.2 Å². The van der Waals surface area contributed by atoms with Crippen LogP contribution >= 0.6 is 11.6 Å². The van der Waals surface area contributed by atoms with E-state index in [1.165, 1.54) is 32.0 Å². The quantitative estimate of drug-likeness (QED) is 0.185. The molecule has 4 heterocycles. The van der Waals surface area contributed by atoms with E-state index in [4.69, 9.17) is 21.4 Å². The minimum atomic E-state index is -0.366. The Morgan fingerprint density at radius 2 is 1.79 bits per heavy atom. The topological polar surface area (TPSA) is 122 Å². The zero-order valence-electron chi connectivity index (χ0n) is 27.2. The van der Waals surface area contributed by atoms with Gasteiger partial charge in [-0.3, -0.25) is 9.72 Å². The SMILES string of the molecule is CC(C)(C)c1cc(NC(=O)N[C@H]2CC[C@@H](Oc3ccc4nncn4c3)c3ccccc32)n(-c2cc(O)cc(Cl)c2)n1.CN1CCCC1. The molecule has 1 fully saturated rings. The molecule has 3 aromatic heterocycles. The molecule has 0 spiro atoms. The molecular formula is C35H41ClN8O3. The molecule has 5 aromatic rings. The van der Waals surface area contributed by atoms with Crippen LogP contribution in [-0.4, -0.2) is 60.6 Å². The number of aromatic hydroxyl groups is 1. The lowest BCUT2D eigenvalue weighted by atomic mass is 9.85. The van der Waals surface area contributed by atoms with Gasteiger partial charge in [0.15, 0.2) is 5.65 Å². The smallest absolute Gasteiger partial charge is 0.320 e. The molecule has 47 heavy (non-hydrogen) atoms. The fraction of sp³-hybridized carbons (Fsp3) is 0.371. The number of rotatable bonds is 5. The largest absolute Gasteiger partial charge is 0.508 e. The fourth-order valence-corrected chi connectivity index (χ4v) is 6.19. The molecule has 11 nitrogen and oxygen atoms in total. The molecule has 0 saturated carbocycles. The van der Waals surface area contributed by atoms with Crippen LogP contribution in [0.15, 0.2) is 73.2 Å². The summed E-state index contributed by atoms with van der Waals surface area (Å²) in [6.45, 7) is 8.77. The number of aromatic nitrogens is 5. The number of carbonyl (C=O) groups is 1. The van der Waals surface area contributed by atoms with Gasteiger partial charge in [0.05, 0.1) is 23.6 Å². The van der Waals surface area contributed by atoms with Crippen LogP contribution in [-0.2, 0) is 5.41 Å². The van der Waals surface area contributed by atoms with Crippen molar-refractivity contribution in [3.63, 3.8) is 0 Å². The van der Waals surface area contributed by atoms with Crippen LogP contribution in [0.5, 0.6) is 11.5 Å². The van der Waals surface area contributed by atoms with E-state index in [0.717, 1.165) is 34.6 Å². The number of hydrogen-bond acceptors (Lipinski definition) is 7. The van der Waals surface area contributed by atoms with E-state index in [1.54, 1.807) is 23.1 Å². The average molecular weight is 657 g/mol. The van der Waals surface area contributed by atoms with Gasteiger partial charge in [0, 0.05) is 22.6 Å². The third-order valence-electron chi connectivity index (χ3n) is 8.44. The molecule has 246 valence electrons. The molecule has 2 aromatic carbocycles. The molecule has 7 rings (SSSR count). The monoisotopic (exact) mass is 656 g/mol. The first-order chi connectivity index (χ1) is 22.5. The Labute approximate surface area is 279 Å². The number of amides is 2. The highest BCUT2D eigenvalue weighted by atomic mass is 35.5. The van der Waals surface area contributed by atoms with E-state index in [9.17, 15) is 9.90 Å². The first-order valence-electron chi connectivity index (χ1n) is 15.9. The van der Waals surface area contributed by atoms with Gasteiger partial charge in [0.1, 0.15) is 29.7 Å². The summed E-state index contributed by atoms with van der Waals surface area (Å²) in [5.74, 6) is 1.19. The molecule has 1 aliphatic heterocycles. The predicted octanol–water partition coefficient (Wildman–Crippen LogP) is 7.06. The number of pyridine rings is 1. The Balaban J connectivity index is 0.000000580. The van der Waals surface area contributed by atoms with Crippen LogP contribution in [0, 0.1) is 0 Å². The second-order valence-corrected chi connectivity index (χ2v) is 13.6. The zero-order valence-corrected chi connectivity index (χ0v) is 27.9. The van der Waals surface area contributed by atoms with Crippen molar-refractivity contribution < 1.29 is 14.6 Å². The minimum absolute atomic E-state index is 0.00732. The highest BCUT2D eigenvalue weighted by Crippen LogP contribution is 2.39. The summed E-state index contributed by atoms with van der Waals surface area (Å²) in [5, 5.41) is 29.3. The highest BCUT2D eigenvalue weighted by molar-refractivity contribution is 6.30. The number of fused-ring (bicyclic) bond motifs is 2. The van der Waals surface area contributed by atoms with E-state index in [-0.39, 0.29) is 29.3 Å². The van der Waals surface area contributed by atoms with E-state index in [0.29, 0.717) is 22.9 Å². The van der Waals surface area contributed by atoms with Gasteiger partial charge in [-0.15, -0.1) is 10.2 Å². The van der Waals surface area contributed by atoms with Crippen molar-refractivity contribution in [3.05, 3.63) is 95.0 Å². The number of nitrogens with zero attached hydrogens (tertiary/aromatic N) is 6. The number of carbonyl (C=O) groups excluding carboxylic acids is 1. The second-order valence-electron chi connectivity index (χ2n) is 13.2. The molecule has 1 saturated heterocycles. The Morgan fingerprint density at radius 1 is 1.02 bits per heavy atom. The van der Waals surface area contributed by atoms with Gasteiger partial charge in [0.25, 0.3) is 0 Å². The highest BCUT2D eigenvalue weighted by Gasteiger charge is 2.30. The number of phenols is 1. The summed E-state index contributed by atoms with van der Waals surface area (Å²) < 4.78 is 9.78. The number of nitrogens with one attached hydrogen (secondary N) is 2. The molecule has 0 radical (unpaired) electrons. The average Bonchev–Trinajstić information content (AvgIpc) is 3.79. The van der Waals surface area contributed by atoms with E-state index < -0.39 is 0 Å². The maximum absolute atomic E-state index is 13.4. The standard InChI is InChI=1S/C30H30ClN7O3.C5H11N/c1-30(2,3)26-15-28(38(36-26)19-12-18(31)13-20(39)14-19)34-29(40)33-24-9-10-25(23-7-5-4-6-22(23)24)41-21-8-11-27-35-32-17-37(27)16-21;1-6-4-2-3-5-6/h4-8,11-17,24-25,39H,9-10H2,1-3H3,(H2,33,34,40);2-5H2,1H3/t24-,25+;/m0./s1. The first-order valence-corrected chi connectivity index (χ1v) is 16.3. The number of anilines is 1. The predicted molar refractivity (Wildman–Crippen MR) is 183 cm³/mol. The molecule has 0 unspecified atom stereocenters. The molecule has 3 N–H and O–H groups in total. The number of urea groups is 1. The summed E-state index contributed by atoms with van der Waals surface area (Å²) >= 11 is 6.20. The second kappa shape index (κ2) is 13.6. The fourth-order valence-electron chi connectivity index (χ4n) is 5.96. The maximum Gasteiger partial charge on any atom is 0.320 e. The third-order valence-corrected chi connectivity index (χ3v) is 8.66. The summed E-state index contributed by atoms with van der Waals surface area (Å²) in [4.78, 5) is 15.7. The van der Waals surface area contributed by atoms with Crippen LogP contribution in [0.1, 0.15) is 75.4 Å². The van der Waals surface area contributed by atoms with Crippen LogP contribution in [0.2, 0.25) is 5.02 Å². The van der Waals surface area contributed by atoms with Crippen molar-refractivity contribution in [2.45, 2.75) is 64.0 Å². The van der Waals surface area contributed by atoms with Crippen LogP contribution in [0.25, 0.3) is 11.3 Å². The third kappa shape index (κ3) is 7.69. The van der Waals surface area contributed by atoms with Crippen molar-refractivity contribution in [2.24, 2.45) is 0 Å². The van der Waals surface area contributed by atoms with E-state index >= 15 is 0 Å². The molecule has 2 aliphatic rings. The molecule has 0 bridgehead atoms. The number of halogens is 1. The first kappa shape index (κ1) is 32.3. The number of benzene rings is 2. The van der Waals surface area contributed by atoms with Crippen LogP contribution in [0.4, 0.5) is 10.6 Å². The molecule has 2 amide bonds. The normalized spacial score (nSPS) is 17.9. The zero-order chi connectivity index (χ0) is 33.1. The van der Waals surface area contributed by atoms with Crippen molar-refractivity contribution >= 4 is 29.1 Å². The van der Waals surface area contributed by atoms with Gasteiger partial charge >= 0.3 is 6.03 Å². The molecule has 2 atom stereocenters. The van der Waals surface area contributed by atoms with Gasteiger partial charge in [-0.25, -0.2) is 9.48 Å². The lowest BCUT2D eigenvalue weighted by Crippen LogP contribution is -2.36. The Bertz CT molecular complexity index is 1840. The number of hydrogen-bond donors (Lipinski definition) is 3. The summed E-state index contributed by atoms with van der Waals surface area (Å²) in [6.07, 6.45) is 7.58. The van der Waals surface area contributed by atoms with E-state index in [2.05, 4.69) is 32.8 Å². The van der Waals surface area contributed by atoms with Crippen LogP contribution < -0.4 is 15.4 Å². The van der Waals surface area contributed by atoms with E-state index in [1.807, 2.05) is 73.8 Å². The number of phenolic OH excluding ortho intramolecular Hbond substituents is 1. The summed E-state index contributed by atoms with van der Waals surface area (Å²) in [7, 11) is 2.17. The summed E-state index contributed by atoms with van der Waals surface area (Å²) in [5.41, 5.74) is 3.83. The van der Waals surface area contributed by atoms with Crippen LogP contribution in [0.3, 0.4) is 0 Å². The Kier molecular flexibility index (Phi) is 9.38. The summed E-state index contributed by atoms with van der Waals surface area (Å²) in [6, 6.07) is 17.7. The lowest BCUT2D eigenvalue weighted by molar-refractivity contribution is 0.171. The van der Waals surface area contributed by atoms with Gasteiger partial charge in [-0.1, -0.05) is 56.6 Å².